The van der Waals surface area contributed by atoms with Gasteiger partial charge >= 0.3 is 0 Å². The van der Waals surface area contributed by atoms with Crippen LogP contribution in [0.3, 0.4) is 0 Å². The summed E-state index contributed by atoms with van der Waals surface area (Å²) in [7, 11) is 1.58. The first-order valence-electron chi connectivity index (χ1n) is 5.98. The number of amides is 3. The highest BCUT2D eigenvalue weighted by molar-refractivity contribution is 5.89. The average Bonchev–Trinajstić information content (AvgIpc) is 2.44. The summed E-state index contributed by atoms with van der Waals surface area (Å²) in [5, 5.41) is 4.74. The second kappa shape index (κ2) is 9.70. The molecule has 0 rings (SSSR count). The molecule has 0 fully saturated rings. The molecule has 3 amide bonds. The first kappa shape index (κ1) is 17.8. The van der Waals surface area contributed by atoms with Crippen molar-refractivity contribution in [3.63, 3.8) is 0 Å². The number of nitrogens with zero attached hydrogens (tertiary/aromatic N) is 1. The quantitative estimate of drug-likeness (QED) is 0.239. The molecule has 20 heavy (non-hydrogen) atoms. The van der Waals surface area contributed by atoms with Crippen LogP contribution in [0.25, 0.3) is 0 Å². The van der Waals surface area contributed by atoms with Gasteiger partial charge < -0.3 is 15.5 Å². The number of hydrogen-bond acceptors (Lipinski definition) is 5. The smallest absolute Gasteiger partial charge is 0.246 e. The summed E-state index contributed by atoms with van der Waals surface area (Å²) in [5.74, 6) is 3.79. The van der Waals surface area contributed by atoms with Crippen LogP contribution in [-0.2, 0) is 14.4 Å². The summed E-state index contributed by atoms with van der Waals surface area (Å²) in [5.41, 5.74) is 2.81. The monoisotopic (exact) mass is 283 g/mol. The molecule has 0 atom stereocenters. The van der Waals surface area contributed by atoms with Crippen LogP contribution in [0.2, 0.25) is 0 Å². The second-order valence-electron chi connectivity index (χ2n) is 3.80. The number of carbonyl (C=O) groups is 3. The van der Waals surface area contributed by atoms with Gasteiger partial charge in [-0.1, -0.05) is 12.7 Å². The van der Waals surface area contributed by atoms with E-state index >= 15 is 0 Å². The molecular weight excluding hydrogens is 262 g/mol. The maximum absolute atomic E-state index is 11.8. The van der Waals surface area contributed by atoms with Crippen molar-refractivity contribution in [1.82, 2.24) is 21.0 Å². The van der Waals surface area contributed by atoms with Crippen molar-refractivity contribution >= 4 is 17.7 Å². The molecule has 0 aromatic rings. The number of hydrogen-bond donors (Lipinski definition) is 4. The van der Waals surface area contributed by atoms with Gasteiger partial charge in [-0.25, -0.2) is 0 Å². The van der Waals surface area contributed by atoms with Crippen molar-refractivity contribution in [3.05, 3.63) is 24.4 Å². The molecule has 0 aromatic carbocycles. The lowest BCUT2D eigenvalue weighted by Crippen LogP contribution is -2.44. The van der Waals surface area contributed by atoms with Crippen molar-refractivity contribution in [1.29, 1.82) is 0 Å². The Hall–Kier alpha value is -2.19. The third kappa shape index (κ3) is 6.66. The molecule has 0 unspecified atom stereocenters. The zero-order valence-electron chi connectivity index (χ0n) is 11.7. The van der Waals surface area contributed by atoms with Gasteiger partial charge in [0.05, 0.1) is 19.6 Å². The molecule has 0 aliphatic carbocycles. The molecule has 5 N–H and O–H groups in total. The number of rotatable bonds is 8. The summed E-state index contributed by atoms with van der Waals surface area (Å²) >= 11 is 0. The molecule has 8 nitrogen and oxygen atoms in total. The van der Waals surface area contributed by atoms with Gasteiger partial charge in [-0.05, 0) is 13.0 Å². The molecule has 0 radical (unpaired) electrons. The van der Waals surface area contributed by atoms with E-state index in [1.165, 1.54) is 4.90 Å². The summed E-state index contributed by atoms with van der Waals surface area (Å²) in [6.45, 7) is 4.90. The number of carbonyl (C=O) groups excluding carboxylic acids is 3. The Labute approximate surface area is 118 Å². The number of hydrazine groups is 1. The first-order valence-corrected chi connectivity index (χ1v) is 5.98. The van der Waals surface area contributed by atoms with Gasteiger partial charge in [0.15, 0.2) is 0 Å². The van der Waals surface area contributed by atoms with E-state index in [1.807, 2.05) is 0 Å². The van der Waals surface area contributed by atoms with Crippen LogP contribution in [0.1, 0.15) is 6.92 Å². The maximum Gasteiger partial charge on any atom is 0.246 e. The highest BCUT2D eigenvalue weighted by atomic mass is 16.2. The Morgan fingerprint density at radius 1 is 1.15 bits per heavy atom. The third-order valence-electron chi connectivity index (χ3n) is 2.41. The van der Waals surface area contributed by atoms with Crippen molar-refractivity contribution in [2.75, 3.05) is 26.7 Å². The largest absolute Gasteiger partial charge is 0.346 e. The fourth-order valence-electron chi connectivity index (χ4n) is 1.28. The van der Waals surface area contributed by atoms with Crippen LogP contribution in [0, 0.1) is 0 Å². The summed E-state index contributed by atoms with van der Waals surface area (Å²) < 4.78 is 0. The van der Waals surface area contributed by atoms with E-state index in [1.54, 1.807) is 26.1 Å². The number of allylic oxidation sites excluding steroid dienone is 2. The first-order chi connectivity index (χ1) is 9.46. The fraction of sp³-hybridized carbons (Fsp3) is 0.417. The van der Waals surface area contributed by atoms with Crippen LogP contribution in [-0.4, -0.2) is 49.3 Å². The van der Waals surface area contributed by atoms with Crippen LogP contribution < -0.4 is 21.9 Å². The lowest BCUT2D eigenvalue weighted by molar-refractivity contribution is -0.130. The van der Waals surface area contributed by atoms with E-state index in [0.29, 0.717) is 5.70 Å². The Morgan fingerprint density at radius 3 is 2.20 bits per heavy atom. The average molecular weight is 283 g/mol. The molecule has 112 valence electrons. The zero-order chi connectivity index (χ0) is 15.5. The zero-order valence-corrected chi connectivity index (χ0v) is 11.7. The highest BCUT2D eigenvalue weighted by Gasteiger charge is 2.12. The molecule has 0 spiro atoms. The van der Waals surface area contributed by atoms with E-state index in [2.05, 4.69) is 22.6 Å². The summed E-state index contributed by atoms with van der Waals surface area (Å²) in [4.78, 5) is 35.6. The molecule has 0 heterocycles. The van der Waals surface area contributed by atoms with Crippen molar-refractivity contribution < 1.29 is 14.4 Å². The minimum absolute atomic E-state index is 0.0844. The molecule has 0 aliphatic heterocycles. The van der Waals surface area contributed by atoms with Crippen LogP contribution in [0.5, 0.6) is 0 Å². The Morgan fingerprint density at radius 2 is 1.70 bits per heavy atom. The number of nitrogens with one attached hydrogen (secondary N) is 3. The van der Waals surface area contributed by atoms with Gasteiger partial charge in [-0.3, -0.25) is 25.7 Å². The van der Waals surface area contributed by atoms with Crippen LogP contribution in [0.4, 0.5) is 0 Å². The molecule has 0 bridgehead atoms. The normalized spacial score (nSPS) is 10.7. The summed E-state index contributed by atoms with van der Waals surface area (Å²) in [6.07, 6.45) is 3.27. The van der Waals surface area contributed by atoms with E-state index in [4.69, 9.17) is 5.84 Å². The number of likely N-dealkylation sites (N-methyl/N-ethyl adjacent to an activating group) is 1. The SMILES string of the molecule is C=C/C(=C\C)N(C)C(=O)CNC(=O)CNC(=O)CNN. The minimum Gasteiger partial charge on any atom is -0.346 e. The number of nitrogens with two attached hydrogens (primary N) is 1. The van der Waals surface area contributed by atoms with E-state index < -0.39 is 11.8 Å². The molecule has 0 saturated heterocycles. The predicted molar refractivity (Wildman–Crippen MR) is 74.9 cm³/mol. The molecule has 0 aromatic heterocycles. The summed E-state index contributed by atoms with van der Waals surface area (Å²) in [6, 6.07) is 0. The minimum atomic E-state index is -0.460. The van der Waals surface area contributed by atoms with E-state index in [0.717, 1.165) is 0 Å². The maximum atomic E-state index is 11.8. The predicted octanol–water partition coefficient (Wildman–Crippen LogP) is -1.77. The van der Waals surface area contributed by atoms with Gasteiger partial charge in [-0.2, -0.15) is 0 Å². The lowest BCUT2D eigenvalue weighted by atomic mass is 10.3. The molecule has 8 heteroatoms. The van der Waals surface area contributed by atoms with E-state index in [-0.39, 0.29) is 25.5 Å². The van der Waals surface area contributed by atoms with Gasteiger partial charge in [-0.15, -0.1) is 0 Å². The standard InChI is InChI=1S/C12H21N5O3/c1-4-9(5-2)17(3)12(20)8-15-10(18)6-14-11(19)7-16-13/h4-5,16H,1,6-8,13H2,2-3H3,(H,14,19)(H,15,18)/b9-5+. The van der Waals surface area contributed by atoms with Crippen molar-refractivity contribution in [3.8, 4) is 0 Å². The van der Waals surface area contributed by atoms with Crippen molar-refractivity contribution in [2.45, 2.75) is 6.92 Å². The molecular formula is C12H21N5O3. The third-order valence-corrected chi connectivity index (χ3v) is 2.41. The van der Waals surface area contributed by atoms with Crippen molar-refractivity contribution in [2.24, 2.45) is 5.84 Å². The highest BCUT2D eigenvalue weighted by Crippen LogP contribution is 2.01. The van der Waals surface area contributed by atoms with Gasteiger partial charge in [0.2, 0.25) is 17.7 Å². The van der Waals surface area contributed by atoms with Gasteiger partial charge in [0.25, 0.3) is 0 Å². The Kier molecular flexibility index (Phi) is 8.64. The fourth-order valence-corrected chi connectivity index (χ4v) is 1.28. The van der Waals surface area contributed by atoms with Crippen LogP contribution in [0.15, 0.2) is 24.4 Å². The van der Waals surface area contributed by atoms with Gasteiger partial charge in [0, 0.05) is 12.7 Å². The molecule has 0 saturated carbocycles. The molecule has 0 aliphatic rings. The lowest BCUT2D eigenvalue weighted by Gasteiger charge is -2.18. The van der Waals surface area contributed by atoms with E-state index in [9.17, 15) is 14.4 Å². The topological polar surface area (TPSA) is 117 Å². The van der Waals surface area contributed by atoms with Gasteiger partial charge in [0.1, 0.15) is 0 Å². The van der Waals surface area contributed by atoms with Crippen LogP contribution >= 0.6 is 0 Å². The Bertz CT molecular complexity index is 406. The second-order valence-corrected chi connectivity index (χ2v) is 3.80. The Balaban J connectivity index is 4.09.